The van der Waals surface area contributed by atoms with Gasteiger partial charge in [0.1, 0.15) is 0 Å². The Bertz CT molecular complexity index is 478. The Kier molecular flexibility index (Phi) is 5.69. The van der Waals surface area contributed by atoms with Gasteiger partial charge in [0.2, 0.25) is 5.91 Å². The summed E-state index contributed by atoms with van der Waals surface area (Å²) >= 11 is 1.75. The van der Waals surface area contributed by atoms with Gasteiger partial charge in [-0.25, -0.2) is 0 Å². The van der Waals surface area contributed by atoms with Crippen LogP contribution in [0.4, 0.5) is 0 Å². The first-order chi connectivity index (χ1) is 9.61. The fourth-order valence-electron chi connectivity index (χ4n) is 3.61. The number of hydrogen-bond acceptors (Lipinski definition) is 3. The third-order valence-electron chi connectivity index (χ3n) is 4.81. The molecule has 3 rings (SSSR count). The van der Waals surface area contributed by atoms with Crippen molar-refractivity contribution in [1.29, 1.82) is 0 Å². The molecule has 0 radical (unpaired) electrons. The molecule has 1 aromatic rings. The van der Waals surface area contributed by atoms with E-state index in [-0.39, 0.29) is 12.4 Å². The number of carbonyl (C=O) groups excluding carboxylic acids is 1. The highest BCUT2D eigenvalue weighted by Crippen LogP contribution is 2.33. The standard InChI is InChI=1S/C16H24N2OS.ClH/c1-11-5-6-20-15(11)10-18(2)16(19)9-12-7-13-3-4-14(8-12)17-13;/h5-6,12-14,17H,3-4,7-10H2,1-2H3;1H. The average Bonchev–Trinajstić information content (AvgIpc) is 2.96. The Morgan fingerprint density at radius 1 is 1.38 bits per heavy atom. The summed E-state index contributed by atoms with van der Waals surface area (Å²) in [5.74, 6) is 0.900. The first kappa shape index (κ1) is 16.8. The number of amides is 1. The molecule has 0 aromatic carbocycles. The minimum atomic E-state index is 0. The van der Waals surface area contributed by atoms with Gasteiger partial charge in [-0.15, -0.1) is 23.7 Å². The van der Waals surface area contributed by atoms with Crippen LogP contribution in [0, 0.1) is 12.8 Å². The lowest BCUT2D eigenvalue weighted by atomic mass is 9.89. The minimum Gasteiger partial charge on any atom is -0.341 e. The van der Waals surface area contributed by atoms with Gasteiger partial charge < -0.3 is 10.2 Å². The van der Waals surface area contributed by atoms with Gasteiger partial charge in [-0.05, 0) is 55.5 Å². The molecule has 1 N–H and O–H groups in total. The maximum absolute atomic E-state index is 12.4. The van der Waals surface area contributed by atoms with Crippen LogP contribution >= 0.6 is 23.7 Å². The van der Waals surface area contributed by atoms with E-state index >= 15 is 0 Å². The number of carbonyl (C=O) groups is 1. The molecular weight excluding hydrogens is 304 g/mol. The molecule has 2 atom stereocenters. The first-order valence-corrected chi connectivity index (χ1v) is 8.52. The minimum absolute atomic E-state index is 0. The van der Waals surface area contributed by atoms with Crippen LogP contribution in [-0.2, 0) is 11.3 Å². The SMILES string of the molecule is Cc1ccsc1CN(C)C(=O)CC1CC2CCC(C1)N2.Cl. The van der Waals surface area contributed by atoms with E-state index in [1.807, 2.05) is 11.9 Å². The summed E-state index contributed by atoms with van der Waals surface area (Å²) < 4.78 is 0. The Morgan fingerprint density at radius 2 is 2.05 bits per heavy atom. The first-order valence-electron chi connectivity index (χ1n) is 7.65. The normalized spacial score (nSPS) is 27.2. The zero-order valence-electron chi connectivity index (χ0n) is 12.8. The quantitative estimate of drug-likeness (QED) is 0.919. The van der Waals surface area contributed by atoms with Gasteiger partial charge in [0.05, 0.1) is 6.54 Å². The van der Waals surface area contributed by atoms with Crippen molar-refractivity contribution in [2.45, 2.75) is 57.7 Å². The second-order valence-electron chi connectivity index (χ2n) is 6.46. The van der Waals surface area contributed by atoms with Crippen molar-refractivity contribution in [2.75, 3.05) is 7.05 Å². The van der Waals surface area contributed by atoms with Crippen LogP contribution in [0.15, 0.2) is 11.4 Å². The van der Waals surface area contributed by atoms with E-state index in [4.69, 9.17) is 0 Å². The van der Waals surface area contributed by atoms with E-state index in [0.29, 0.717) is 23.9 Å². The molecule has 2 saturated heterocycles. The molecule has 2 fully saturated rings. The van der Waals surface area contributed by atoms with Gasteiger partial charge in [0.25, 0.3) is 0 Å². The number of nitrogens with one attached hydrogen (secondary N) is 1. The van der Waals surface area contributed by atoms with Crippen LogP contribution < -0.4 is 5.32 Å². The number of piperidine rings is 1. The average molecular weight is 329 g/mol. The van der Waals surface area contributed by atoms with Crippen LogP contribution in [0.25, 0.3) is 0 Å². The van der Waals surface area contributed by atoms with Crippen molar-refractivity contribution in [2.24, 2.45) is 5.92 Å². The van der Waals surface area contributed by atoms with Gasteiger partial charge in [-0.3, -0.25) is 4.79 Å². The molecule has 2 aliphatic heterocycles. The summed E-state index contributed by atoms with van der Waals surface area (Å²) in [5.41, 5.74) is 1.30. The Balaban J connectivity index is 0.00000161. The van der Waals surface area contributed by atoms with Crippen molar-refractivity contribution in [3.63, 3.8) is 0 Å². The molecule has 2 bridgehead atoms. The topological polar surface area (TPSA) is 32.3 Å². The van der Waals surface area contributed by atoms with Crippen LogP contribution in [0.5, 0.6) is 0 Å². The maximum atomic E-state index is 12.4. The number of rotatable bonds is 4. The van der Waals surface area contributed by atoms with Crippen molar-refractivity contribution < 1.29 is 4.79 Å². The van der Waals surface area contributed by atoms with Crippen molar-refractivity contribution >= 4 is 29.7 Å². The largest absolute Gasteiger partial charge is 0.341 e. The maximum Gasteiger partial charge on any atom is 0.222 e. The van der Waals surface area contributed by atoms with Crippen LogP contribution in [0.2, 0.25) is 0 Å². The molecule has 118 valence electrons. The summed E-state index contributed by atoms with van der Waals surface area (Å²) in [5, 5.41) is 5.75. The van der Waals surface area contributed by atoms with Crippen LogP contribution in [-0.4, -0.2) is 29.9 Å². The van der Waals surface area contributed by atoms with Gasteiger partial charge in [0.15, 0.2) is 0 Å². The predicted molar refractivity (Wildman–Crippen MR) is 90.1 cm³/mol. The van der Waals surface area contributed by atoms with E-state index in [0.717, 1.165) is 13.0 Å². The van der Waals surface area contributed by atoms with Crippen molar-refractivity contribution in [3.8, 4) is 0 Å². The Labute approximate surface area is 137 Å². The zero-order valence-corrected chi connectivity index (χ0v) is 14.4. The fourth-order valence-corrected chi connectivity index (χ4v) is 4.57. The molecule has 3 heterocycles. The summed E-state index contributed by atoms with van der Waals surface area (Å²) in [4.78, 5) is 15.6. The summed E-state index contributed by atoms with van der Waals surface area (Å²) in [6, 6.07) is 3.48. The van der Waals surface area contributed by atoms with Crippen LogP contribution in [0.1, 0.15) is 42.5 Å². The molecule has 1 amide bonds. The van der Waals surface area contributed by atoms with E-state index in [1.54, 1.807) is 11.3 Å². The molecule has 3 nitrogen and oxygen atoms in total. The smallest absolute Gasteiger partial charge is 0.222 e. The zero-order chi connectivity index (χ0) is 14.1. The lowest BCUT2D eigenvalue weighted by Crippen LogP contribution is -2.39. The van der Waals surface area contributed by atoms with Gasteiger partial charge in [-0.1, -0.05) is 0 Å². The monoisotopic (exact) mass is 328 g/mol. The number of hydrogen-bond donors (Lipinski definition) is 1. The molecule has 21 heavy (non-hydrogen) atoms. The second kappa shape index (κ2) is 7.12. The molecule has 5 heteroatoms. The summed E-state index contributed by atoms with van der Waals surface area (Å²) in [6.45, 7) is 2.88. The molecule has 1 aromatic heterocycles. The second-order valence-corrected chi connectivity index (χ2v) is 7.46. The van der Waals surface area contributed by atoms with E-state index in [2.05, 4.69) is 23.7 Å². The van der Waals surface area contributed by atoms with E-state index in [9.17, 15) is 4.79 Å². The lowest BCUT2D eigenvalue weighted by Gasteiger charge is -2.30. The number of halogens is 1. The number of fused-ring (bicyclic) bond motifs is 2. The van der Waals surface area contributed by atoms with Crippen LogP contribution in [0.3, 0.4) is 0 Å². The highest BCUT2D eigenvalue weighted by atomic mass is 35.5. The highest BCUT2D eigenvalue weighted by molar-refractivity contribution is 7.10. The van der Waals surface area contributed by atoms with E-state index in [1.165, 1.54) is 36.1 Å². The van der Waals surface area contributed by atoms with Crippen molar-refractivity contribution in [3.05, 3.63) is 21.9 Å². The van der Waals surface area contributed by atoms with Gasteiger partial charge >= 0.3 is 0 Å². The molecule has 0 saturated carbocycles. The molecule has 2 aliphatic rings. The highest BCUT2D eigenvalue weighted by Gasteiger charge is 2.34. The Morgan fingerprint density at radius 3 is 2.62 bits per heavy atom. The third-order valence-corrected chi connectivity index (χ3v) is 5.82. The number of aryl methyl sites for hydroxylation is 1. The lowest BCUT2D eigenvalue weighted by molar-refractivity contribution is -0.131. The number of thiophene rings is 1. The van der Waals surface area contributed by atoms with E-state index < -0.39 is 0 Å². The molecule has 2 unspecified atom stereocenters. The summed E-state index contributed by atoms with van der Waals surface area (Å²) in [6.07, 6.45) is 5.72. The molecular formula is C16H25ClN2OS. The molecule has 0 aliphatic carbocycles. The van der Waals surface area contributed by atoms with Crippen molar-refractivity contribution in [1.82, 2.24) is 10.2 Å². The molecule has 0 spiro atoms. The third kappa shape index (κ3) is 3.99. The number of nitrogens with zero attached hydrogens (tertiary/aromatic N) is 1. The summed E-state index contributed by atoms with van der Waals surface area (Å²) in [7, 11) is 1.94. The fraction of sp³-hybridized carbons (Fsp3) is 0.688. The Hall–Kier alpha value is -0.580. The predicted octanol–water partition coefficient (Wildman–Crippen LogP) is 3.36. The van der Waals surface area contributed by atoms with Gasteiger partial charge in [0, 0.05) is 30.4 Å². The van der Waals surface area contributed by atoms with Gasteiger partial charge in [-0.2, -0.15) is 0 Å².